The van der Waals surface area contributed by atoms with Crippen LogP contribution in [-0.2, 0) is 4.74 Å². The SMILES string of the molecule is CCOC(=O)c1n[nH]nc1-c1c(F)cc(I)cc1F. The molecule has 8 heteroatoms. The number of nitrogens with one attached hydrogen (secondary N) is 1. The summed E-state index contributed by atoms with van der Waals surface area (Å²) >= 11 is 1.79. The second kappa shape index (κ2) is 5.59. The Balaban J connectivity index is 2.55. The summed E-state index contributed by atoms with van der Waals surface area (Å²) in [6, 6.07) is 2.28. The fourth-order valence-electron chi connectivity index (χ4n) is 1.52. The highest BCUT2D eigenvalue weighted by atomic mass is 127. The average molecular weight is 379 g/mol. The maximum atomic E-state index is 13.8. The maximum absolute atomic E-state index is 13.8. The molecule has 0 fully saturated rings. The Kier molecular flexibility index (Phi) is 4.08. The van der Waals surface area contributed by atoms with Crippen LogP contribution in [0.2, 0.25) is 0 Å². The first-order valence-electron chi connectivity index (χ1n) is 5.27. The lowest BCUT2D eigenvalue weighted by molar-refractivity contribution is 0.0520. The summed E-state index contributed by atoms with van der Waals surface area (Å²) in [5.74, 6) is -2.42. The van der Waals surface area contributed by atoms with Crippen molar-refractivity contribution in [1.29, 1.82) is 0 Å². The number of rotatable bonds is 3. The lowest BCUT2D eigenvalue weighted by Gasteiger charge is -2.04. The summed E-state index contributed by atoms with van der Waals surface area (Å²) in [4.78, 5) is 11.6. The van der Waals surface area contributed by atoms with Gasteiger partial charge in [-0.2, -0.15) is 10.3 Å². The molecule has 19 heavy (non-hydrogen) atoms. The molecule has 0 radical (unpaired) electrons. The molecule has 0 bridgehead atoms. The fourth-order valence-corrected chi connectivity index (χ4v) is 2.06. The van der Waals surface area contributed by atoms with Gasteiger partial charge in [-0.15, -0.1) is 5.10 Å². The van der Waals surface area contributed by atoms with Crippen molar-refractivity contribution in [1.82, 2.24) is 15.4 Å². The van der Waals surface area contributed by atoms with Crippen LogP contribution >= 0.6 is 22.6 Å². The Morgan fingerprint density at radius 3 is 2.58 bits per heavy atom. The summed E-state index contributed by atoms with van der Waals surface area (Å²) in [6.45, 7) is 1.74. The molecule has 100 valence electrons. The van der Waals surface area contributed by atoms with Gasteiger partial charge in [-0.25, -0.2) is 13.6 Å². The molecule has 0 spiro atoms. The van der Waals surface area contributed by atoms with Crippen molar-refractivity contribution < 1.29 is 18.3 Å². The highest BCUT2D eigenvalue weighted by molar-refractivity contribution is 14.1. The first kappa shape index (κ1) is 13.8. The average Bonchev–Trinajstić information content (AvgIpc) is 2.77. The summed E-state index contributed by atoms with van der Waals surface area (Å²) in [7, 11) is 0. The van der Waals surface area contributed by atoms with E-state index in [0.29, 0.717) is 3.57 Å². The lowest BCUT2D eigenvalue weighted by Crippen LogP contribution is -2.07. The molecule has 0 saturated carbocycles. The van der Waals surface area contributed by atoms with Gasteiger partial charge in [0.05, 0.1) is 12.2 Å². The molecule has 2 aromatic rings. The normalized spacial score (nSPS) is 10.5. The van der Waals surface area contributed by atoms with Gasteiger partial charge in [-0.05, 0) is 41.6 Å². The van der Waals surface area contributed by atoms with E-state index in [1.54, 1.807) is 29.5 Å². The lowest BCUT2D eigenvalue weighted by atomic mass is 10.1. The number of ether oxygens (including phenoxy) is 1. The Hall–Kier alpha value is -1.58. The molecule has 0 aliphatic carbocycles. The van der Waals surface area contributed by atoms with Gasteiger partial charge in [0.2, 0.25) is 0 Å². The van der Waals surface area contributed by atoms with Crippen LogP contribution in [0, 0.1) is 15.2 Å². The van der Waals surface area contributed by atoms with E-state index < -0.39 is 23.2 Å². The number of esters is 1. The van der Waals surface area contributed by atoms with E-state index >= 15 is 0 Å². The molecule has 0 aliphatic heterocycles. The smallest absolute Gasteiger partial charge is 0.361 e. The van der Waals surface area contributed by atoms with Crippen molar-refractivity contribution in [2.24, 2.45) is 0 Å². The molecule has 5 nitrogen and oxygen atoms in total. The van der Waals surface area contributed by atoms with E-state index in [1.165, 1.54) is 0 Å². The van der Waals surface area contributed by atoms with Crippen LogP contribution in [0.5, 0.6) is 0 Å². The minimum Gasteiger partial charge on any atom is -0.461 e. The zero-order valence-electron chi connectivity index (χ0n) is 9.71. The van der Waals surface area contributed by atoms with Gasteiger partial charge < -0.3 is 4.74 Å². The van der Waals surface area contributed by atoms with Crippen LogP contribution < -0.4 is 0 Å². The number of carbonyl (C=O) groups excluding carboxylic acids is 1. The largest absolute Gasteiger partial charge is 0.461 e. The monoisotopic (exact) mass is 379 g/mol. The number of aromatic amines is 1. The molecule has 0 unspecified atom stereocenters. The van der Waals surface area contributed by atoms with Gasteiger partial charge >= 0.3 is 5.97 Å². The number of H-pyrrole nitrogens is 1. The number of halogens is 3. The van der Waals surface area contributed by atoms with Crippen LogP contribution in [0.15, 0.2) is 12.1 Å². The van der Waals surface area contributed by atoms with E-state index in [2.05, 4.69) is 15.4 Å². The summed E-state index contributed by atoms with van der Waals surface area (Å²) in [5.41, 5.74) is -0.858. The second-order valence-electron chi connectivity index (χ2n) is 3.49. The van der Waals surface area contributed by atoms with Crippen molar-refractivity contribution in [3.8, 4) is 11.3 Å². The Morgan fingerprint density at radius 2 is 2.00 bits per heavy atom. The third-order valence-electron chi connectivity index (χ3n) is 2.26. The Morgan fingerprint density at radius 1 is 1.37 bits per heavy atom. The van der Waals surface area contributed by atoms with E-state index in [9.17, 15) is 13.6 Å². The predicted octanol–water partition coefficient (Wildman–Crippen LogP) is 2.53. The molecule has 1 aromatic carbocycles. The highest BCUT2D eigenvalue weighted by Crippen LogP contribution is 2.28. The first-order valence-corrected chi connectivity index (χ1v) is 6.35. The van der Waals surface area contributed by atoms with Crippen LogP contribution in [0.1, 0.15) is 17.4 Å². The standard InChI is InChI=1S/C11H8F2IN3O2/c1-2-19-11(18)10-9(15-17-16-10)8-6(12)3-5(14)4-7(8)13/h3-4H,2H2,1H3,(H,15,16,17). The summed E-state index contributed by atoms with van der Waals surface area (Å²) in [5, 5.41) is 9.36. The molecule has 0 amide bonds. The summed E-state index contributed by atoms with van der Waals surface area (Å²) < 4.78 is 32.8. The fraction of sp³-hybridized carbons (Fsp3) is 0.182. The number of carbonyl (C=O) groups is 1. The molecule has 2 rings (SSSR count). The minimum atomic E-state index is -0.816. The van der Waals surface area contributed by atoms with E-state index in [1.807, 2.05) is 0 Å². The molecule has 0 atom stereocenters. The second-order valence-corrected chi connectivity index (χ2v) is 4.73. The van der Waals surface area contributed by atoms with Crippen LogP contribution in [-0.4, -0.2) is 28.0 Å². The zero-order chi connectivity index (χ0) is 14.0. The van der Waals surface area contributed by atoms with Crippen LogP contribution in [0.3, 0.4) is 0 Å². The topological polar surface area (TPSA) is 67.9 Å². The van der Waals surface area contributed by atoms with Gasteiger partial charge in [0, 0.05) is 3.57 Å². The van der Waals surface area contributed by atoms with Crippen molar-refractivity contribution in [2.75, 3.05) is 6.61 Å². The Labute approximate surface area is 120 Å². The van der Waals surface area contributed by atoms with Gasteiger partial charge in [-0.3, -0.25) is 0 Å². The molecule has 1 heterocycles. The number of aromatic nitrogens is 3. The third kappa shape index (κ3) is 2.72. The van der Waals surface area contributed by atoms with Crippen molar-refractivity contribution in [3.05, 3.63) is 33.0 Å². The number of nitrogens with zero attached hydrogens (tertiary/aromatic N) is 2. The first-order chi connectivity index (χ1) is 9.04. The molecule has 1 aromatic heterocycles. The predicted molar refractivity (Wildman–Crippen MR) is 70.4 cm³/mol. The molecular weight excluding hydrogens is 371 g/mol. The zero-order valence-corrected chi connectivity index (χ0v) is 11.9. The van der Waals surface area contributed by atoms with Crippen LogP contribution in [0.25, 0.3) is 11.3 Å². The molecule has 0 aliphatic rings. The highest BCUT2D eigenvalue weighted by Gasteiger charge is 2.24. The quantitative estimate of drug-likeness (QED) is 0.658. The van der Waals surface area contributed by atoms with Gasteiger partial charge in [-0.1, -0.05) is 0 Å². The molecular formula is C11H8F2IN3O2. The summed E-state index contributed by atoms with van der Waals surface area (Å²) in [6.07, 6.45) is 0. The van der Waals surface area contributed by atoms with Crippen LogP contribution in [0.4, 0.5) is 8.78 Å². The van der Waals surface area contributed by atoms with Gasteiger partial charge in [0.15, 0.2) is 5.69 Å². The van der Waals surface area contributed by atoms with Gasteiger partial charge in [0.1, 0.15) is 17.3 Å². The van der Waals surface area contributed by atoms with E-state index in [-0.39, 0.29) is 18.0 Å². The van der Waals surface area contributed by atoms with Crippen molar-refractivity contribution >= 4 is 28.6 Å². The number of hydrogen-bond acceptors (Lipinski definition) is 4. The van der Waals surface area contributed by atoms with Crippen molar-refractivity contribution in [2.45, 2.75) is 6.92 Å². The van der Waals surface area contributed by atoms with E-state index in [4.69, 9.17) is 4.74 Å². The third-order valence-corrected chi connectivity index (χ3v) is 2.88. The minimum absolute atomic E-state index is 0.128. The van der Waals surface area contributed by atoms with Gasteiger partial charge in [0.25, 0.3) is 0 Å². The Bertz CT molecular complexity index is 607. The molecule has 0 saturated heterocycles. The maximum Gasteiger partial charge on any atom is 0.361 e. The number of hydrogen-bond donors (Lipinski definition) is 1. The van der Waals surface area contributed by atoms with Crippen molar-refractivity contribution in [3.63, 3.8) is 0 Å². The van der Waals surface area contributed by atoms with E-state index in [0.717, 1.165) is 12.1 Å². The number of benzene rings is 1. The molecule has 1 N–H and O–H groups in total.